The molecule has 114 valence electrons. The van der Waals surface area contributed by atoms with Gasteiger partial charge in [0.25, 0.3) is 0 Å². The summed E-state index contributed by atoms with van der Waals surface area (Å²) in [5, 5.41) is 0. The first-order chi connectivity index (χ1) is 10.6. The summed E-state index contributed by atoms with van der Waals surface area (Å²) in [5.74, 6) is 0.481. The van der Waals surface area contributed by atoms with Crippen LogP contribution in [-0.4, -0.2) is 30.9 Å². The Morgan fingerprint density at radius 3 is 2.45 bits per heavy atom. The van der Waals surface area contributed by atoms with Crippen molar-refractivity contribution >= 4 is 5.78 Å². The molecule has 2 heteroatoms. The molecule has 0 saturated carbocycles. The van der Waals surface area contributed by atoms with Crippen LogP contribution in [0.1, 0.15) is 27.9 Å². The number of carbonyl (C=O) groups is 1. The van der Waals surface area contributed by atoms with Crippen LogP contribution in [0.15, 0.2) is 54.6 Å². The van der Waals surface area contributed by atoms with E-state index in [0.717, 1.165) is 36.0 Å². The molecule has 0 N–H and O–H groups in total. The number of nitrogens with zero attached hydrogens (tertiary/aromatic N) is 1. The van der Waals surface area contributed by atoms with Crippen molar-refractivity contribution in [2.24, 2.45) is 5.92 Å². The Morgan fingerprint density at radius 1 is 1.00 bits per heavy atom. The van der Waals surface area contributed by atoms with Crippen LogP contribution in [0.25, 0.3) is 0 Å². The highest BCUT2D eigenvalue weighted by Gasteiger charge is 2.32. The Kier molecular flexibility index (Phi) is 4.12. The van der Waals surface area contributed by atoms with Gasteiger partial charge in [-0.1, -0.05) is 54.6 Å². The number of quaternary nitrogens is 1. The van der Waals surface area contributed by atoms with E-state index in [-0.39, 0.29) is 5.92 Å². The topological polar surface area (TPSA) is 17.1 Å². The highest BCUT2D eigenvalue weighted by atomic mass is 16.1. The van der Waals surface area contributed by atoms with Crippen molar-refractivity contribution in [3.63, 3.8) is 0 Å². The summed E-state index contributed by atoms with van der Waals surface area (Å²) in [6.45, 7) is 1.87. The summed E-state index contributed by atoms with van der Waals surface area (Å²) in [5.41, 5.74) is 3.49. The van der Waals surface area contributed by atoms with Crippen molar-refractivity contribution in [1.29, 1.82) is 0 Å². The lowest BCUT2D eigenvalue weighted by molar-refractivity contribution is -0.905. The van der Waals surface area contributed by atoms with Gasteiger partial charge in [-0.3, -0.25) is 4.79 Å². The summed E-state index contributed by atoms with van der Waals surface area (Å²) in [4.78, 5) is 12.7. The van der Waals surface area contributed by atoms with Crippen molar-refractivity contribution in [1.82, 2.24) is 0 Å². The van der Waals surface area contributed by atoms with Crippen LogP contribution in [0.4, 0.5) is 0 Å². The molecule has 1 aliphatic carbocycles. The first-order valence-electron chi connectivity index (χ1n) is 8.03. The Morgan fingerprint density at radius 2 is 1.68 bits per heavy atom. The number of carbonyl (C=O) groups excluding carboxylic acids is 1. The van der Waals surface area contributed by atoms with E-state index in [1.807, 2.05) is 24.3 Å². The van der Waals surface area contributed by atoms with Crippen LogP contribution in [-0.2, 0) is 13.0 Å². The normalized spacial score (nSPS) is 18.1. The zero-order valence-corrected chi connectivity index (χ0v) is 13.5. The van der Waals surface area contributed by atoms with Gasteiger partial charge in [0.2, 0.25) is 0 Å². The molecule has 22 heavy (non-hydrogen) atoms. The second kappa shape index (κ2) is 6.05. The predicted molar refractivity (Wildman–Crippen MR) is 89.7 cm³/mol. The summed E-state index contributed by atoms with van der Waals surface area (Å²) < 4.78 is 0.850. The maximum Gasteiger partial charge on any atom is 0.171 e. The molecule has 2 nitrogen and oxygen atoms in total. The van der Waals surface area contributed by atoms with Crippen LogP contribution >= 0.6 is 0 Å². The average Bonchev–Trinajstić information content (AvgIpc) is 2.51. The lowest BCUT2D eigenvalue weighted by atomic mass is 9.82. The van der Waals surface area contributed by atoms with Gasteiger partial charge in [-0.05, 0) is 18.4 Å². The second-order valence-electron chi connectivity index (χ2n) is 7.02. The Bertz CT molecular complexity index is 660. The van der Waals surface area contributed by atoms with Gasteiger partial charge in [0.05, 0.1) is 26.6 Å². The molecule has 3 rings (SSSR count). The third-order valence-corrected chi connectivity index (χ3v) is 4.58. The van der Waals surface area contributed by atoms with Crippen molar-refractivity contribution in [2.75, 3.05) is 20.6 Å². The zero-order chi connectivity index (χ0) is 15.6. The van der Waals surface area contributed by atoms with Crippen molar-refractivity contribution in [3.05, 3.63) is 71.3 Å². The minimum absolute atomic E-state index is 0.147. The van der Waals surface area contributed by atoms with Crippen molar-refractivity contribution in [2.45, 2.75) is 19.4 Å². The van der Waals surface area contributed by atoms with Crippen LogP contribution in [0.3, 0.4) is 0 Å². The molecule has 0 radical (unpaired) electrons. The zero-order valence-electron chi connectivity index (χ0n) is 13.5. The van der Waals surface area contributed by atoms with Gasteiger partial charge in [0.15, 0.2) is 5.78 Å². The molecule has 0 amide bonds. The van der Waals surface area contributed by atoms with E-state index in [9.17, 15) is 4.79 Å². The number of rotatable bonds is 4. The van der Waals surface area contributed by atoms with Gasteiger partial charge in [-0.15, -0.1) is 0 Å². The maximum atomic E-state index is 12.7. The summed E-state index contributed by atoms with van der Waals surface area (Å²) >= 11 is 0. The van der Waals surface area contributed by atoms with E-state index in [1.54, 1.807) is 0 Å². The second-order valence-corrected chi connectivity index (χ2v) is 7.02. The van der Waals surface area contributed by atoms with Gasteiger partial charge >= 0.3 is 0 Å². The minimum Gasteiger partial charge on any atom is -0.324 e. The fourth-order valence-electron chi connectivity index (χ4n) is 3.57. The van der Waals surface area contributed by atoms with E-state index < -0.39 is 0 Å². The molecule has 1 unspecified atom stereocenters. The molecule has 0 fully saturated rings. The quantitative estimate of drug-likeness (QED) is 0.786. The summed E-state index contributed by atoms with van der Waals surface area (Å²) in [6.07, 6.45) is 2.00. The fraction of sp³-hybridized carbons (Fsp3) is 0.350. The number of hydrogen-bond acceptors (Lipinski definition) is 1. The molecule has 1 aliphatic rings. The molecule has 0 bridgehead atoms. The largest absolute Gasteiger partial charge is 0.324 e. The van der Waals surface area contributed by atoms with Gasteiger partial charge in [0.1, 0.15) is 6.54 Å². The third-order valence-electron chi connectivity index (χ3n) is 4.58. The summed E-state index contributed by atoms with van der Waals surface area (Å²) in [7, 11) is 4.45. The molecule has 2 aromatic rings. The predicted octanol–water partition coefficient (Wildman–Crippen LogP) is 3.71. The highest BCUT2D eigenvalue weighted by Crippen LogP contribution is 2.27. The van der Waals surface area contributed by atoms with Crippen LogP contribution in [0, 0.1) is 5.92 Å². The molecule has 0 spiro atoms. The number of hydrogen-bond donors (Lipinski definition) is 0. The molecular weight excluding hydrogens is 270 g/mol. The summed E-state index contributed by atoms with van der Waals surface area (Å²) in [6, 6.07) is 18.6. The third kappa shape index (κ3) is 3.28. The lowest BCUT2D eigenvalue weighted by Gasteiger charge is -2.34. The number of Topliss-reactive ketones (excluding diaryl/α,β-unsaturated/α-hetero) is 1. The smallest absolute Gasteiger partial charge is 0.171 e. The lowest BCUT2D eigenvalue weighted by Crippen LogP contribution is -2.45. The standard InChI is InChI=1S/C20H24NO/c1-21(2,14-16-8-4-3-5-9-16)15-18-13-12-17-10-6-7-11-19(17)20(18)22/h3-11,18H,12-15H2,1-2H3/q+1. The van der Waals surface area contributed by atoms with Gasteiger partial charge in [0, 0.05) is 11.1 Å². The molecule has 0 aromatic heterocycles. The molecule has 1 atom stereocenters. The molecule has 0 heterocycles. The number of benzene rings is 2. The van der Waals surface area contributed by atoms with Crippen molar-refractivity contribution in [3.8, 4) is 0 Å². The Hall–Kier alpha value is -1.93. The molecule has 0 saturated heterocycles. The van der Waals surface area contributed by atoms with E-state index >= 15 is 0 Å². The maximum absolute atomic E-state index is 12.7. The monoisotopic (exact) mass is 294 g/mol. The number of fused-ring (bicyclic) bond motifs is 1. The molecule has 2 aromatic carbocycles. The Labute approximate surface area is 133 Å². The van der Waals surface area contributed by atoms with E-state index in [2.05, 4.69) is 44.4 Å². The molecular formula is C20H24NO+. The number of ketones is 1. The van der Waals surface area contributed by atoms with Gasteiger partial charge < -0.3 is 4.48 Å². The van der Waals surface area contributed by atoms with Crippen molar-refractivity contribution < 1.29 is 9.28 Å². The molecule has 0 aliphatic heterocycles. The van der Waals surface area contributed by atoms with Crippen LogP contribution < -0.4 is 0 Å². The SMILES string of the molecule is C[N+](C)(Cc1ccccc1)CC1CCc2ccccc2C1=O. The first kappa shape index (κ1) is 15.0. The Balaban J connectivity index is 1.72. The first-order valence-corrected chi connectivity index (χ1v) is 8.03. The van der Waals surface area contributed by atoms with Gasteiger partial charge in [-0.2, -0.15) is 0 Å². The average molecular weight is 294 g/mol. The fourth-order valence-corrected chi connectivity index (χ4v) is 3.57. The van der Waals surface area contributed by atoms with Crippen LogP contribution in [0.2, 0.25) is 0 Å². The number of aryl methyl sites for hydroxylation is 1. The van der Waals surface area contributed by atoms with Gasteiger partial charge in [-0.25, -0.2) is 0 Å². The highest BCUT2D eigenvalue weighted by molar-refractivity contribution is 6.00. The van der Waals surface area contributed by atoms with Crippen LogP contribution in [0.5, 0.6) is 0 Å². The van der Waals surface area contributed by atoms with E-state index in [0.29, 0.717) is 5.78 Å². The minimum atomic E-state index is 0.147. The van der Waals surface area contributed by atoms with E-state index in [4.69, 9.17) is 0 Å². The van der Waals surface area contributed by atoms with E-state index in [1.165, 1.54) is 11.1 Å².